The zero-order valence-corrected chi connectivity index (χ0v) is 16.0. The highest BCUT2D eigenvalue weighted by Gasteiger charge is 2.46. The molecule has 6 unspecified atom stereocenters. The molecular formula is C20H35FN4O. The van der Waals surface area contributed by atoms with E-state index in [-0.39, 0.29) is 30.0 Å². The van der Waals surface area contributed by atoms with Gasteiger partial charge in [0.1, 0.15) is 6.17 Å². The van der Waals surface area contributed by atoms with Gasteiger partial charge in [0.2, 0.25) is 5.91 Å². The first-order valence-electron chi connectivity index (χ1n) is 10.8. The lowest BCUT2D eigenvalue weighted by Crippen LogP contribution is -2.52. The van der Waals surface area contributed by atoms with Crippen molar-refractivity contribution in [1.82, 2.24) is 21.3 Å². The summed E-state index contributed by atoms with van der Waals surface area (Å²) >= 11 is 0. The van der Waals surface area contributed by atoms with Gasteiger partial charge in [-0.25, -0.2) is 4.39 Å². The SMILES string of the molecule is CC1CCC(F)C2CC(C(=O)N[C@@H]3CCC[C@@H](C4CCNCN4)C3)NC12. The molecule has 4 aliphatic rings. The minimum atomic E-state index is -0.744. The number of carbonyl (C=O) groups excluding carboxylic acids is 1. The Hall–Kier alpha value is -0.720. The van der Waals surface area contributed by atoms with E-state index in [1.54, 1.807) is 0 Å². The Kier molecular flexibility index (Phi) is 5.81. The minimum Gasteiger partial charge on any atom is -0.352 e. The van der Waals surface area contributed by atoms with Crippen molar-refractivity contribution in [1.29, 1.82) is 0 Å². The third-order valence-corrected chi connectivity index (χ3v) is 7.41. The zero-order valence-electron chi connectivity index (χ0n) is 16.0. The molecule has 0 bridgehead atoms. The molecule has 0 spiro atoms. The number of rotatable bonds is 3. The first-order valence-corrected chi connectivity index (χ1v) is 10.8. The number of halogens is 1. The molecule has 148 valence electrons. The summed E-state index contributed by atoms with van der Waals surface area (Å²) in [7, 11) is 0. The Morgan fingerprint density at radius 3 is 2.77 bits per heavy atom. The van der Waals surface area contributed by atoms with Crippen molar-refractivity contribution >= 4 is 5.91 Å². The van der Waals surface area contributed by atoms with Crippen molar-refractivity contribution in [2.45, 2.75) is 88.6 Å². The van der Waals surface area contributed by atoms with Crippen molar-refractivity contribution in [3.63, 3.8) is 0 Å². The quantitative estimate of drug-likeness (QED) is 0.614. The summed E-state index contributed by atoms with van der Waals surface area (Å²) in [6, 6.07) is 0.825. The highest BCUT2D eigenvalue weighted by atomic mass is 19.1. The van der Waals surface area contributed by atoms with Crippen LogP contribution < -0.4 is 21.3 Å². The molecule has 2 aliphatic heterocycles. The largest absolute Gasteiger partial charge is 0.352 e. The van der Waals surface area contributed by atoms with Crippen molar-refractivity contribution in [3.8, 4) is 0 Å². The van der Waals surface area contributed by atoms with E-state index in [4.69, 9.17) is 0 Å². The van der Waals surface area contributed by atoms with Crippen LogP contribution in [0.4, 0.5) is 4.39 Å². The lowest BCUT2D eigenvalue weighted by Gasteiger charge is -2.37. The highest BCUT2D eigenvalue weighted by molar-refractivity contribution is 5.82. The van der Waals surface area contributed by atoms with Gasteiger partial charge in [-0.15, -0.1) is 0 Å². The monoisotopic (exact) mass is 366 g/mol. The Morgan fingerprint density at radius 1 is 1.12 bits per heavy atom. The minimum absolute atomic E-state index is 0.0209. The Balaban J connectivity index is 1.30. The van der Waals surface area contributed by atoms with Crippen LogP contribution in [0.5, 0.6) is 0 Å². The fraction of sp³-hybridized carbons (Fsp3) is 0.950. The average Bonchev–Trinajstić information content (AvgIpc) is 3.13. The molecular weight excluding hydrogens is 331 g/mol. The molecule has 4 N–H and O–H groups in total. The fourth-order valence-electron chi connectivity index (χ4n) is 5.88. The second kappa shape index (κ2) is 8.11. The van der Waals surface area contributed by atoms with E-state index in [2.05, 4.69) is 28.2 Å². The van der Waals surface area contributed by atoms with Crippen LogP contribution in [0.2, 0.25) is 0 Å². The number of amides is 1. The lowest BCUT2D eigenvalue weighted by molar-refractivity contribution is -0.124. The van der Waals surface area contributed by atoms with Gasteiger partial charge in [0.05, 0.1) is 6.04 Å². The van der Waals surface area contributed by atoms with Crippen molar-refractivity contribution in [2.75, 3.05) is 13.2 Å². The van der Waals surface area contributed by atoms with E-state index in [0.717, 1.165) is 32.5 Å². The van der Waals surface area contributed by atoms with Crippen LogP contribution in [0.3, 0.4) is 0 Å². The number of fused-ring (bicyclic) bond motifs is 1. The number of hydrogen-bond acceptors (Lipinski definition) is 4. The summed E-state index contributed by atoms with van der Waals surface area (Å²) in [5, 5.41) is 13.7. The van der Waals surface area contributed by atoms with Gasteiger partial charge in [-0.05, 0) is 63.3 Å². The molecule has 6 heteroatoms. The lowest BCUT2D eigenvalue weighted by atomic mass is 9.77. The van der Waals surface area contributed by atoms with Gasteiger partial charge >= 0.3 is 0 Å². The zero-order chi connectivity index (χ0) is 18.1. The summed E-state index contributed by atoms with van der Waals surface area (Å²) < 4.78 is 14.3. The summed E-state index contributed by atoms with van der Waals surface area (Å²) in [6.45, 7) is 4.17. The Labute approximate surface area is 156 Å². The van der Waals surface area contributed by atoms with Gasteiger partial charge in [-0.3, -0.25) is 4.79 Å². The second-order valence-corrected chi connectivity index (χ2v) is 9.12. The molecule has 2 saturated heterocycles. The van der Waals surface area contributed by atoms with Crippen LogP contribution in [0.25, 0.3) is 0 Å². The van der Waals surface area contributed by atoms with Gasteiger partial charge in [0.15, 0.2) is 0 Å². The molecule has 5 nitrogen and oxygen atoms in total. The maximum Gasteiger partial charge on any atom is 0.237 e. The summed E-state index contributed by atoms with van der Waals surface area (Å²) in [5.41, 5.74) is 0. The average molecular weight is 367 g/mol. The summed E-state index contributed by atoms with van der Waals surface area (Å²) in [6.07, 6.45) is 7.28. The van der Waals surface area contributed by atoms with Crippen LogP contribution in [-0.4, -0.2) is 49.5 Å². The first-order chi connectivity index (χ1) is 12.6. The maximum atomic E-state index is 14.3. The van der Waals surface area contributed by atoms with Crippen molar-refractivity contribution in [2.24, 2.45) is 17.8 Å². The molecule has 0 aromatic heterocycles. The van der Waals surface area contributed by atoms with E-state index < -0.39 is 6.17 Å². The van der Waals surface area contributed by atoms with E-state index in [1.807, 2.05) is 0 Å². The molecule has 1 amide bonds. The van der Waals surface area contributed by atoms with Crippen molar-refractivity contribution in [3.05, 3.63) is 0 Å². The molecule has 26 heavy (non-hydrogen) atoms. The third kappa shape index (κ3) is 3.92. The standard InChI is InChI=1S/C20H35FN4O/c1-12-5-6-16(21)15-10-18(25-19(12)15)20(26)24-14-4-2-3-13(9-14)17-7-8-22-11-23-17/h12-19,22-23,25H,2-11H2,1H3,(H,24,26)/t12?,13-,14-,15?,16?,17?,18?,19?/m1/s1. The molecule has 2 heterocycles. The summed E-state index contributed by atoms with van der Waals surface area (Å²) in [4.78, 5) is 12.8. The number of nitrogens with one attached hydrogen (secondary N) is 4. The predicted molar refractivity (Wildman–Crippen MR) is 100 cm³/mol. The van der Waals surface area contributed by atoms with Crippen LogP contribution in [0.15, 0.2) is 0 Å². The van der Waals surface area contributed by atoms with E-state index in [9.17, 15) is 9.18 Å². The molecule has 2 aliphatic carbocycles. The number of carbonyl (C=O) groups is 1. The molecule has 4 fully saturated rings. The molecule has 0 aromatic carbocycles. The fourth-order valence-corrected chi connectivity index (χ4v) is 5.88. The van der Waals surface area contributed by atoms with Crippen LogP contribution in [0, 0.1) is 17.8 Å². The number of alkyl halides is 1. The van der Waals surface area contributed by atoms with E-state index in [1.165, 1.54) is 19.3 Å². The van der Waals surface area contributed by atoms with Crippen LogP contribution in [-0.2, 0) is 4.79 Å². The Bertz CT molecular complexity index is 480. The molecule has 4 rings (SSSR count). The molecule has 0 aromatic rings. The van der Waals surface area contributed by atoms with Gasteiger partial charge in [0.25, 0.3) is 0 Å². The first kappa shape index (κ1) is 18.6. The highest BCUT2D eigenvalue weighted by Crippen LogP contribution is 2.38. The molecule has 8 atom stereocenters. The predicted octanol–water partition coefficient (Wildman–Crippen LogP) is 1.69. The van der Waals surface area contributed by atoms with Gasteiger partial charge < -0.3 is 21.3 Å². The third-order valence-electron chi connectivity index (χ3n) is 7.41. The van der Waals surface area contributed by atoms with Crippen molar-refractivity contribution < 1.29 is 9.18 Å². The number of hydrogen-bond donors (Lipinski definition) is 4. The van der Waals surface area contributed by atoms with E-state index >= 15 is 0 Å². The Morgan fingerprint density at radius 2 is 2.00 bits per heavy atom. The summed E-state index contributed by atoms with van der Waals surface area (Å²) in [5.74, 6) is 1.25. The normalized spacial score (nSPS) is 46.5. The molecule has 2 saturated carbocycles. The van der Waals surface area contributed by atoms with Gasteiger partial charge in [0, 0.05) is 30.7 Å². The van der Waals surface area contributed by atoms with Gasteiger partial charge in [-0.2, -0.15) is 0 Å². The molecule has 0 radical (unpaired) electrons. The van der Waals surface area contributed by atoms with Gasteiger partial charge in [-0.1, -0.05) is 13.3 Å². The van der Waals surface area contributed by atoms with E-state index in [0.29, 0.717) is 30.7 Å². The van der Waals surface area contributed by atoms with Crippen LogP contribution >= 0.6 is 0 Å². The maximum absolute atomic E-state index is 14.3. The van der Waals surface area contributed by atoms with Crippen LogP contribution in [0.1, 0.15) is 58.3 Å². The smallest absolute Gasteiger partial charge is 0.237 e. The second-order valence-electron chi connectivity index (χ2n) is 9.12. The topological polar surface area (TPSA) is 65.2 Å².